The van der Waals surface area contributed by atoms with E-state index >= 15 is 0 Å². The summed E-state index contributed by atoms with van der Waals surface area (Å²) < 4.78 is 5.33. The quantitative estimate of drug-likeness (QED) is 0.797. The van der Waals surface area contributed by atoms with Crippen molar-refractivity contribution in [1.29, 1.82) is 5.26 Å². The smallest absolute Gasteiger partial charge is 0.119 e. The Balaban J connectivity index is 0.000000179. The van der Waals surface area contributed by atoms with Crippen LogP contribution < -0.4 is 4.74 Å². The number of likely N-dealkylation sites (N-methyl/N-ethyl adjacent to an activating group) is 1. The molecule has 3 nitrogen and oxygen atoms in total. The van der Waals surface area contributed by atoms with Gasteiger partial charge in [-0.05, 0) is 74.2 Å². The van der Waals surface area contributed by atoms with Crippen LogP contribution in [0.3, 0.4) is 0 Å². The van der Waals surface area contributed by atoms with Crippen LogP contribution in [-0.4, -0.2) is 31.6 Å². The number of rotatable bonds is 1. The molecule has 0 radical (unpaired) electrons. The van der Waals surface area contributed by atoms with E-state index < -0.39 is 0 Å². The molecule has 1 heterocycles. The molecule has 0 amide bonds. The minimum atomic E-state index is 0.715. The van der Waals surface area contributed by atoms with Gasteiger partial charge in [0, 0.05) is 6.04 Å². The molecule has 1 saturated heterocycles. The second-order valence-electron chi connectivity index (χ2n) is 6.60. The predicted molar refractivity (Wildman–Crippen MR) is 96.2 cm³/mol. The van der Waals surface area contributed by atoms with E-state index in [0.29, 0.717) is 5.56 Å². The van der Waals surface area contributed by atoms with E-state index in [2.05, 4.69) is 30.1 Å². The first-order valence-corrected chi connectivity index (χ1v) is 8.53. The normalized spacial score (nSPS) is 21.7. The first kappa shape index (κ1) is 16.5. The molecule has 0 N–H and O–H groups in total. The standard InChI is InChI=1S/C14H19NO.C7H5N/c1-15-6-5-11-8-12(15)7-10-3-4-13(16-2)9-14(10)11;8-6-7-4-2-1-3-5-7/h3-4,9,11-12H,5-8H2,1-2H3;1-5H/t11-,12?;/m0./s1. The summed E-state index contributed by atoms with van der Waals surface area (Å²) in [5.41, 5.74) is 3.80. The van der Waals surface area contributed by atoms with Crippen molar-refractivity contribution in [3.05, 3.63) is 65.2 Å². The number of benzene rings is 2. The number of ether oxygens (including phenoxy) is 1. The monoisotopic (exact) mass is 320 g/mol. The van der Waals surface area contributed by atoms with Crippen LogP contribution in [0.15, 0.2) is 48.5 Å². The topological polar surface area (TPSA) is 36.3 Å². The van der Waals surface area contributed by atoms with Gasteiger partial charge in [-0.25, -0.2) is 0 Å². The summed E-state index contributed by atoms with van der Waals surface area (Å²) in [6.07, 6.45) is 3.84. The Morgan fingerprint density at radius 2 is 1.96 bits per heavy atom. The Hall–Kier alpha value is -2.31. The molecule has 0 saturated carbocycles. The van der Waals surface area contributed by atoms with Gasteiger partial charge >= 0.3 is 0 Å². The highest BCUT2D eigenvalue weighted by atomic mass is 16.5. The van der Waals surface area contributed by atoms with Crippen molar-refractivity contribution < 1.29 is 4.74 Å². The first-order chi connectivity index (χ1) is 11.7. The van der Waals surface area contributed by atoms with Crippen LogP contribution in [0.25, 0.3) is 0 Å². The average Bonchev–Trinajstić information content (AvgIpc) is 2.65. The number of nitriles is 1. The molecule has 2 aliphatic rings. The highest BCUT2D eigenvalue weighted by molar-refractivity contribution is 5.41. The molecule has 2 bridgehead atoms. The lowest BCUT2D eigenvalue weighted by atomic mass is 9.75. The van der Waals surface area contributed by atoms with Gasteiger partial charge in [0.25, 0.3) is 0 Å². The lowest BCUT2D eigenvalue weighted by molar-refractivity contribution is 0.157. The van der Waals surface area contributed by atoms with Crippen molar-refractivity contribution in [2.75, 3.05) is 20.7 Å². The van der Waals surface area contributed by atoms with Crippen LogP contribution in [-0.2, 0) is 6.42 Å². The van der Waals surface area contributed by atoms with Gasteiger partial charge in [0.2, 0.25) is 0 Å². The van der Waals surface area contributed by atoms with Gasteiger partial charge in [0.1, 0.15) is 5.75 Å². The summed E-state index contributed by atoms with van der Waals surface area (Å²) in [6, 6.07) is 18.5. The number of methoxy groups -OCH3 is 1. The first-order valence-electron chi connectivity index (χ1n) is 8.53. The third-order valence-corrected chi connectivity index (χ3v) is 5.16. The molecule has 1 aliphatic heterocycles. The van der Waals surface area contributed by atoms with Crippen molar-refractivity contribution in [3.63, 3.8) is 0 Å². The minimum Gasteiger partial charge on any atom is -0.497 e. The molecular weight excluding hydrogens is 296 g/mol. The van der Waals surface area contributed by atoms with Crippen LogP contribution in [0.5, 0.6) is 5.75 Å². The summed E-state index contributed by atoms with van der Waals surface area (Å²) in [5, 5.41) is 8.29. The van der Waals surface area contributed by atoms with Crippen LogP contribution in [0.2, 0.25) is 0 Å². The zero-order valence-electron chi connectivity index (χ0n) is 14.4. The van der Waals surface area contributed by atoms with Crippen LogP contribution in [0.1, 0.15) is 35.4 Å². The summed E-state index contributed by atoms with van der Waals surface area (Å²) in [7, 11) is 4.01. The zero-order chi connectivity index (χ0) is 16.9. The molecule has 0 spiro atoms. The third kappa shape index (κ3) is 3.60. The van der Waals surface area contributed by atoms with Gasteiger partial charge in [-0.1, -0.05) is 24.3 Å². The van der Waals surface area contributed by atoms with Crippen molar-refractivity contribution >= 4 is 0 Å². The maximum Gasteiger partial charge on any atom is 0.119 e. The number of hydrogen-bond acceptors (Lipinski definition) is 3. The molecule has 2 aromatic carbocycles. The lowest BCUT2D eigenvalue weighted by Crippen LogP contribution is -2.43. The Bertz CT molecular complexity index is 720. The zero-order valence-corrected chi connectivity index (χ0v) is 14.4. The second-order valence-corrected chi connectivity index (χ2v) is 6.60. The number of nitrogens with zero attached hydrogens (tertiary/aromatic N) is 2. The molecular formula is C21H24N2O. The summed E-state index contributed by atoms with van der Waals surface area (Å²) in [4.78, 5) is 2.52. The van der Waals surface area contributed by atoms with Gasteiger partial charge in [-0.2, -0.15) is 5.26 Å². The van der Waals surface area contributed by atoms with Gasteiger partial charge in [-0.15, -0.1) is 0 Å². The minimum absolute atomic E-state index is 0.715. The van der Waals surface area contributed by atoms with Crippen LogP contribution in [0.4, 0.5) is 0 Å². The van der Waals surface area contributed by atoms with Crippen molar-refractivity contribution in [2.24, 2.45) is 0 Å². The summed E-state index contributed by atoms with van der Waals surface area (Å²) >= 11 is 0. The Morgan fingerprint density at radius 3 is 2.62 bits per heavy atom. The van der Waals surface area contributed by atoms with E-state index in [1.54, 1.807) is 24.8 Å². The van der Waals surface area contributed by atoms with Gasteiger partial charge in [-0.3, -0.25) is 0 Å². The summed E-state index contributed by atoms with van der Waals surface area (Å²) in [5.74, 6) is 1.77. The second kappa shape index (κ2) is 7.51. The fourth-order valence-corrected chi connectivity index (χ4v) is 3.72. The molecule has 1 unspecified atom stereocenters. The van der Waals surface area contributed by atoms with E-state index in [4.69, 9.17) is 10.00 Å². The Morgan fingerprint density at radius 1 is 1.17 bits per heavy atom. The van der Waals surface area contributed by atoms with E-state index in [0.717, 1.165) is 17.7 Å². The number of hydrogen-bond donors (Lipinski definition) is 0. The SMILES string of the molecule is COc1ccc2c(c1)[C@H]1CCN(C)C(C2)C1.N#Cc1ccccc1. The molecule has 124 valence electrons. The number of likely N-dealkylation sites (tertiary alicyclic amines) is 1. The van der Waals surface area contributed by atoms with Gasteiger partial charge in [0.15, 0.2) is 0 Å². The van der Waals surface area contributed by atoms with Crippen molar-refractivity contribution in [2.45, 2.75) is 31.2 Å². The average molecular weight is 320 g/mol. The Kier molecular flexibility index (Phi) is 5.17. The summed E-state index contributed by atoms with van der Waals surface area (Å²) in [6.45, 7) is 1.24. The molecule has 1 aliphatic carbocycles. The molecule has 0 aromatic heterocycles. The van der Waals surface area contributed by atoms with E-state index in [9.17, 15) is 0 Å². The molecule has 1 fully saturated rings. The van der Waals surface area contributed by atoms with Crippen LogP contribution >= 0.6 is 0 Å². The molecule has 2 aromatic rings. The molecule has 24 heavy (non-hydrogen) atoms. The van der Waals surface area contributed by atoms with E-state index in [1.165, 1.54) is 31.4 Å². The number of fused-ring (bicyclic) bond motifs is 4. The van der Waals surface area contributed by atoms with Gasteiger partial charge < -0.3 is 9.64 Å². The predicted octanol–water partition coefficient (Wildman–Crippen LogP) is 3.99. The molecule has 4 rings (SSSR count). The van der Waals surface area contributed by atoms with Crippen molar-refractivity contribution in [1.82, 2.24) is 4.90 Å². The lowest BCUT2D eigenvalue weighted by Gasteiger charge is -2.42. The molecule has 3 heteroatoms. The van der Waals surface area contributed by atoms with Crippen molar-refractivity contribution in [3.8, 4) is 11.8 Å². The maximum absolute atomic E-state index is 8.29. The maximum atomic E-state index is 8.29. The Labute approximate surface area is 144 Å². The molecule has 2 atom stereocenters. The fourth-order valence-electron chi connectivity index (χ4n) is 3.72. The van der Waals surface area contributed by atoms with E-state index in [-0.39, 0.29) is 0 Å². The third-order valence-electron chi connectivity index (χ3n) is 5.16. The van der Waals surface area contributed by atoms with Crippen LogP contribution in [0, 0.1) is 11.3 Å². The number of piperidine rings is 1. The highest BCUT2D eigenvalue weighted by Gasteiger charge is 2.33. The highest BCUT2D eigenvalue weighted by Crippen LogP contribution is 2.40. The fraction of sp³-hybridized carbons (Fsp3) is 0.381. The van der Waals surface area contributed by atoms with E-state index in [1.807, 2.05) is 24.3 Å². The largest absolute Gasteiger partial charge is 0.497 e. The van der Waals surface area contributed by atoms with Gasteiger partial charge in [0.05, 0.1) is 18.7 Å².